The first kappa shape index (κ1) is 27.1. The molecular formula is C30H35N3O5Si. The van der Waals surface area contributed by atoms with Gasteiger partial charge in [0.15, 0.2) is 13.9 Å². The van der Waals surface area contributed by atoms with Gasteiger partial charge in [0.2, 0.25) is 0 Å². The number of fused-ring (bicyclic) bond motifs is 2. The number of ether oxygens (including phenoxy) is 1. The normalized spacial score (nSPS) is 24.3. The summed E-state index contributed by atoms with van der Waals surface area (Å²) in [5.41, 5.74) is 8.39. The standard InChI is InChI=1S/C30H35N3O5Si/c1-19-27(39(2,3)37)26(15-16-34)38-30(19)24-9-4-5-10-25(24)33(29(30)36)18-20-7-6-8-23(17-20)32-28(35)21-11-13-22(31)14-12-21/h4-14,17,19,26-27,34,37H,15-16,18,31H2,1-3H3,(H,32,35)/t19-,26+,27-,30+/m0/s1. The van der Waals surface area contributed by atoms with E-state index in [0.717, 1.165) is 16.8 Å². The van der Waals surface area contributed by atoms with E-state index in [0.29, 0.717) is 23.4 Å². The number of aliphatic hydroxyl groups excluding tert-OH is 1. The molecule has 204 valence electrons. The lowest BCUT2D eigenvalue weighted by atomic mass is 9.82. The molecule has 0 bridgehead atoms. The number of rotatable bonds is 7. The Balaban J connectivity index is 1.44. The first-order valence-corrected chi connectivity index (χ1v) is 16.3. The summed E-state index contributed by atoms with van der Waals surface area (Å²) in [6.07, 6.45) is -0.0561. The molecule has 2 amide bonds. The largest absolute Gasteiger partial charge is 0.432 e. The summed E-state index contributed by atoms with van der Waals surface area (Å²) in [4.78, 5) is 39.9. The van der Waals surface area contributed by atoms with Crippen LogP contribution in [0.5, 0.6) is 0 Å². The van der Waals surface area contributed by atoms with Gasteiger partial charge >= 0.3 is 0 Å². The van der Waals surface area contributed by atoms with Crippen LogP contribution in [0.4, 0.5) is 17.1 Å². The number of nitrogens with zero attached hydrogens (tertiary/aromatic N) is 1. The molecule has 5 rings (SSSR count). The number of aliphatic hydroxyl groups is 1. The van der Waals surface area contributed by atoms with Crippen LogP contribution < -0.4 is 16.0 Å². The lowest BCUT2D eigenvalue weighted by molar-refractivity contribution is -0.146. The number of benzene rings is 3. The molecule has 2 heterocycles. The zero-order chi connectivity index (χ0) is 27.9. The molecule has 8 nitrogen and oxygen atoms in total. The highest BCUT2D eigenvalue weighted by atomic mass is 28.4. The highest BCUT2D eigenvalue weighted by Gasteiger charge is 2.65. The molecule has 3 aromatic carbocycles. The highest BCUT2D eigenvalue weighted by molar-refractivity contribution is 6.71. The molecule has 2 aliphatic heterocycles. The van der Waals surface area contributed by atoms with Crippen LogP contribution in [-0.2, 0) is 21.7 Å². The molecule has 9 heteroatoms. The number of nitrogens with one attached hydrogen (secondary N) is 1. The predicted molar refractivity (Wildman–Crippen MR) is 154 cm³/mol. The maximum Gasteiger partial charge on any atom is 0.264 e. The summed E-state index contributed by atoms with van der Waals surface area (Å²) in [5.74, 6) is -0.695. The van der Waals surface area contributed by atoms with E-state index in [-0.39, 0.29) is 36.4 Å². The summed E-state index contributed by atoms with van der Waals surface area (Å²) in [6, 6.07) is 21.8. The molecule has 1 saturated heterocycles. The van der Waals surface area contributed by atoms with Gasteiger partial charge in [-0.25, -0.2) is 0 Å². The highest BCUT2D eigenvalue weighted by Crippen LogP contribution is 2.59. The number of para-hydroxylation sites is 1. The van der Waals surface area contributed by atoms with Crippen LogP contribution >= 0.6 is 0 Å². The number of nitrogen functional groups attached to an aromatic ring is 1. The summed E-state index contributed by atoms with van der Waals surface area (Å²) in [5, 5.41) is 12.6. The van der Waals surface area contributed by atoms with Gasteiger partial charge in [0.25, 0.3) is 11.8 Å². The smallest absolute Gasteiger partial charge is 0.264 e. The van der Waals surface area contributed by atoms with E-state index >= 15 is 0 Å². The fourth-order valence-electron chi connectivity index (χ4n) is 6.35. The third-order valence-electron chi connectivity index (χ3n) is 8.00. The van der Waals surface area contributed by atoms with Gasteiger partial charge in [0, 0.05) is 40.6 Å². The summed E-state index contributed by atoms with van der Waals surface area (Å²) < 4.78 is 6.60. The fraction of sp³-hybridized carbons (Fsp3) is 0.333. The van der Waals surface area contributed by atoms with E-state index in [9.17, 15) is 19.5 Å². The van der Waals surface area contributed by atoms with Crippen LogP contribution in [0.25, 0.3) is 0 Å². The van der Waals surface area contributed by atoms with Gasteiger partial charge in [0.05, 0.1) is 18.3 Å². The summed E-state index contributed by atoms with van der Waals surface area (Å²) in [7, 11) is -2.74. The topological polar surface area (TPSA) is 125 Å². The van der Waals surface area contributed by atoms with Crippen LogP contribution in [0.3, 0.4) is 0 Å². The molecule has 39 heavy (non-hydrogen) atoms. The second-order valence-electron chi connectivity index (χ2n) is 11.1. The van der Waals surface area contributed by atoms with Gasteiger partial charge in [-0.1, -0.05) is 37.3 Å². The maximum absolute atomic E-state index is 14.3. The van der Waals surface area contributed by atoms with Crippen molar-refractivity contribution in [3.63, 3.8) is 0 Å². The average molecular weight is 546 g/mol. The Morgan fingerprint density at radius 3 is 2.51 bits per heavy atom. The molecule has 5 N–H and O–H groups in total. The van der Waals surface area contributed by atoms with E-state index < -0.39 is 20.0 Å². The second kappa shape index (κ2) is 10.2. The third kappa shape index (κ3) is 4.76. The van der Waals surface area contributed by atoms with Gasteiger partial charge in [-0.2, -0.15) is 0 Å². The number of carbonyl (C=O) groups excluding carboxylic acids is 2. The van der Waals surface area contributed by atoms with E-state index in [1.165, 1.54) is 0 Å². The van der Waals surface area contributed by atoms with Crippen molar-refractivity contribution < 1.29 is 24.2 Å². The minimum Gasteiger partial charge on any atom is -0.432 e. The van der Waals surface area contributed by atoms with Gasteiger partial charge < -0.3 is 30.6 Å². The fourth-order valence-corrected chi connectivity index (χ4v) is 8.96. The Hall–Kier alpha value is -3.50. The van der Waals surface area contributed by atoms with E-state index in [2.05, 4.69) is 5.32 Å². The lowest BCUT2D eigenvalue weighted by Gasteiger charge is -2.32. The molecule has 4 atom stereocenters. The minimum atomic E-state index is -2.74. The third-order valence-corrected chi connectivity index (χ3v) is 10.5. The molecule has 3 aromatic rings. The molecule has 1 fully saturated rings. The molecule has 1 spiro atoms. The number of hydrogen-bond acceptors (Lipinski definition) is 6. The Kier molecular flexibility index (Phi) is 7.11. The van der Waals surface area contributed by atoms with Gasteiger partial charge in [-0.15, -0.1) is 0 Å². The summed E-state index contributed by atoms with van der Waals surface area (Å²) >= 11 is 0. The van der Waals surface area contributed by atoms with Crippen molar-refractivity contribution >= 4 is 37.2 Å². The zero-order valence-corrected chi connectivity index (χ0v) is 23.4. The SMILES string of the molecule is C[C@H]1[C@H]([Si](C)(C)O)[C@@H](CCO)O[C@]12C(=O)N(Cc1cccc(NC(=O)c3ccc(N)cc3)c1)c1ccccc12. The monoisotopic (exact) mass is 545 g/mol. The molecule has 0 aliphatic carbocycles. The van der Waals surface area contributed by atoms with Gasteiger partial charge in [-0.05, 0) is 67.5 Å². The van der Waals surface area contributed by atoms with Crippen molar-refractivity contribution in [2.45, 2.75) is 50.2 Å². The number of nitrogens with two attached hydrogens (primary N) is 1. The first-order chi connectivity index (χ1) is 18.6. The second-order valence-corrected chi connectivity index (χ2v) is 15.0. The van der Waals surface area contributed by atoms with Crippen molar-refractivity contribution in [3.05, 3.63) is 89.5 Å². The quantitative estimate of drug-likeness (QED) is 0.260. The van der Waals surface area contributed by atoms with Crippen molar-refractivity contribution in [1.29, 1.82) is 0 Å². The van der Waals surface area contributed by atoms with Crippen molar-refractivity contribution in [2.75, 3.05) is 22.6 Å². The maximum atomic E-state index is 14.3. The molecular weight excluding hydrogens is 510 g/mol. The van der Waals surface area contributed by atoms with E-state index in [1.807, 2.05) is 62.5 Å². The molecule has 0 saturated carbocycles. The minimum absolute atomic E-state index is 0.0805. The lowest BCUT2D eigenvalue weighted by Crippen LogP contribution is -2.46. The number of anilines is 3. The van der Waals surface area contributed by atoms with Gasteiger partial charge in [0.1, 0.15) is 0 Å². The van der Waals surface area contributed by atoms with Crippen LogP contribution in [0.1, 0.15) is 34.8 Å². The van der Waals surface area contributed by atoms with E-state index in [4.69, 9.17) is 10.5 Å². The first-order valence-electron chi connectivity index (χ1n) is 13.2. The van der Waals surface area contributed by atoms with Crippen LogP contribution in [-0.4, -0.2) is 42.7 Å². The Morgan fingerprint density at radius 1 is 1.10 bits per heavy atom. The van der Waals surface area contributed by atoms with Crippen molar-refractivity contribution in [1.82, 2.24) is 0 Å². The van der Waals surface area contributed by atoms with Crippen LogP contribution in [0.15, 0.2) is 72.8 Å². The summed E-state index contributed by atoms with van der Waals surface area (Å²) in [6.45, 7) is 5.93. The van der Waals surface area contributed by atoms with Crippen LogP contribution in [0, 0.1) is 5.92 Å². The molecule has 0 unspecified atom stereocenters. The van der Waals surface area contributed by atoms with Gasteiger partial charge in [-0.3, -0.25) is 9.59 Å². The predicted octanol–water partition coefficient (Wildman–Crippen LogP) is 4.25. The van der Waals surface area contributed by atoms with Crippen molar-refractivity contribution in [3.8, 4) is 0 Å². The van der Waals surface area contributed by atoms with Crippen LogP contribution in [0.2, 0.25) is 18.6 Å². The number of carbonyl (C=O) groups is 2. The Morgan fingerprint density at radius 2 is 1.82 bits per heavy atom. The Bertz CT molecular complexity index is 1390. The van der Waals surface area contributed by atoms with E-state index in [1.54, 1.807) is 35.2 Å². The number of hydrogen-bond donors (Lipinski definition) is 4. The number of amides is 2. The molecule has 0 radical (unpaired) electrons. The Labute approximate surface area is 229 Å². The van der Waals surface area contributed by atoms with Crippen molar-refractivity contribution in [2.24, 2.45) is 5.92 Å². The average Bonchev–Trinajstić information content (AvgIpc) is 3.32. The zero-order valence-electron chi connectivity index (χ0n) is 22.4. The molecule has 0 aromatic heterocycles. The molecule has 2 aliphatic rings.